The van der Waals surface area contributed by atoms with Gasteiger partial charge < -0.3 is 5.32 Å². The Labute approximate surface area is 164 Å². The number of sulfonamides is 1. The molecule has 1 fully saturated rings. The van der Waals surface area contributed by atoms with Gasteiger partial charge in [-0.25, -0.2) is 8.42 Å². The Morgan fingerprint density at radius 2 is 1.67 bits per heavy atom. The summed E-state index contributed by atoms with van der Waals surface area (Å²) in [4.78, 5) is 14.2. The van der Waals surface area contributed by atoms with Crippen molar-refractivity contribution in [1.82, 2.24) is 14.5 Å². The summed E-state index contributed by atoms with van der Waals surface area (Å²) in [7, 11) is -3.09. The highest BCUT2D eigenvalue weighted by atomic mass is 32.2. The third-order valence-corrected chi connectivity index (χ3v) is 6.31. The Morgan fingerprint density at radius 1 is 1.07 bits per heavy atom. The molecule has 0 saturated carbocycles. The number of hydrogen-bond acceptors (Lipinski definition) is 4. The Morgan fingerprint density at radius 3 is 2.19 bits per heavy atom. The molecule has 1 aromatic rings. The lowest BCUT2D eigenvalue weighted by atomic mass is 9.86. The summed E-state index contributed by atoms with van der Waals surface area (Å²) in [5.74, 6) is 0.0599. The first-order chi connectivity index (χ1) is 12.6. The van der Waals surface area contributed by atoms with Gasteiger partial charge in [-0.15, -0.1) is 0 Å². The van der Waals surface area contributed by atoms with Gasteiger partial charge in [-0.05, 0) is 23.0 Å². The topological polar surface area (TPSA) is 69.7 Å². The maximum atomic E-state index is 12.1. The maximum absolute atomic E-state index is 12.1. The molecule has 1 heterocycles. The van der Waals surface area contributed by atoms with Gasteiger partial charge in [0, 0.05) is 45.7 Å². The molecule has 2 rings (SSSR count). The highest BCUT2D eigenvalue weighted by Gasteiger charge is 2.22. The number of benzene rings is 1. The third kappa shape index (κ3) is 7.24. The number of rotatable bonds is 7. The monoisotopic (exact) mass is 395 g/mol. The lowest BCUT2D eigenvalue weighted by molar-refractivity contribution is -0.121. The average Bonchev–Trinajstić information content (AvgIpc) is 2.59. The minimum Gasteiger partial charge on any atom is -0.355 e. The molecule has 152 valence electrons. The van der Waals surface area contributed by atoms with E-state index in [2.05, 4.69) is 55.3 Å². The minimum atomic E-state index is -3.09. The second-order valence-corrected chi connectivity index (χ2v) is 10.3. The van der Waals surface area contributed by atoms with Gasteiger partial charge in [0.1, 0.15) is 0 Å². The SMILES string of the molecule is CC(C)(C)c1ccc(CCC(=O)NCCN2CCN(S(C)(=O)=O)CC2)cc1. The van der Waals surface area contributed by atoms with Gasteiger partial charge in [0.15, 0.2) is 0 Å². The number of nitrogens with zero attached hydrogens (tertiary/aromatic N) is 2. The van der Waals surface area contributed by atoms with Gasteiger partial charge >= 0.3 is 0 Å². The predicted octanol–water partition coefficient (Wildman–Crippen LogP) is 1.61. The van der Waals surface area contributed by atoms with Crippen molar-refractivity contribution in [3.8, 4) is 0 Å². The first kappa shape index (κ1) is 21.9. The van der Waals surface area contributed by atoms with Crippen molar-refractivity contribution < 1.29 is 13.2 Å². The molecular weight excluding hydrogens is 362 g/mol. The molecule has 1 aliphatic heterocycles. The van der Waals surface area contributed by atoms with Crippen molar-refractivity contribution in [1.29, 1.82) is 0 Å². The zero-order chi connectivity index (χ0) is 20.1. The number of piperazine rings is 1. The smallest absolute Gasteiger partial charge is 0.220 e. The first-order valence-corrected chi connectivity index (χ1v) is 11.4. The van der Waals surface area contributed by atoms with Crippen molar-refractivity contribution in [2.45, 2.75) is 39.0 Å². The molecule has 27 heavy (non-hydrogen) atoms. The summed E-state index contributed by atoms with van der Waals surface area (Å²) >= 11 is 0. The van der Waals surface area contributed by atoms with Crippen molar-refractivity contribution in [2.24, 2.45) is 0 Å². The van der Waals surface area contributed by atoms with E-state index in [4.69, 9.17) is 0 Å². The first-order valence-electron chi connectivity index (χ1n) is 9.59. The fraction of sp³-hybridized carbons (Fsp3) is 0.650. The van der Waals surface area contributed by atoms with Crippen LogP contribution in [-0.2, 0) is 26.7 Å². The zero-order valence-corrected chi connectivity index (χ0v) is 17.8. The summed E-state index contributed by atoms with van der Waals surface area (Å²) in [5.41, 5.74) is 2.62. The van der Waals surface area contributed by atoms with Gasteiger partial charge in [-0.3, -0.25) is 9.69 Å². The Hall–Kier alpha value is -1.44. The van der Waals surface area contributed by atoms with Crippen molar-refractivity contribution in [2.75, 3.05) is 45.5 Å². The van der Waals surface area contributed by atoms with E-state index in [1.54, 1.807) is 0 Å². The van der Waals surface area contributed by atoms with Crippen LogP contribution in [0.2, 0.25) is 0 Å². The van der Waals surface area contributed by atoms with E-state index < -0.39 is 10.0 Å². The van der Waals surface area contributed by atoms with Gasteiger partial charge in [-0.1, -0.05) is 45.0 Å². The van der Waals surface area contributed by atoms with Crippen LogP contribution in [-0.4, -0.2) is 69.1 Å². The van der Waals surface area contributed by atoms with Crippen molar-refractivity contribution in [3.05, 3.63) is 35.4 Å². The van der Waals surface area contributed by atoms with Crippen LogP contribution >= 0.6 is 0 Å². The quantitative estimate of drug-likeness (QED) is 0.762. The number of amides is 1. The fourth-order valence-electron chi connectivity index (χ4n) is 3.16. The largest absolute Gasteiger partial charge is 0.355 e. The molecule has 7 heteroatoms. The number of carbonyl (C=O) groups is 1. The van der Waals surface area contributed by atoms with Crippen LogP contribution in [0, 0.1) is 0 Å². The van der Waals surface area contributed by atoms with Crippen LogP contribution in [0.4, 0.5) is 0 Å². The predicted molar refractivity (Wildman–Crippen MR) is 109 cm³/mol. The number of nitrogens with one attached hydrogen (secondary N) is 1. The summed E-state index contributed by atoms with van der Waals surface area (Å²) in [5, 5.41) is 2.96. The van der Waals surface area contributed by atoms with Crippen LogP contribution in [0.1, 0.15) is 38.3 Å². The van der Waals surface area contributed by atoms with E-state index in [1.165, 1.54) is 21.7 Å². The van der Waals surface area contributed by atoms with E-state index in [0.717, 1.165) is 13.0 Å². The fourth-order valence-corrected chi connectivity index (χ4v) is 3.98. The molecule has 0 aromatic heterocycles. The molecular formula is C20H33N3O3S. The molecule has 0 aliphatic carbocycles. The molecule has 1 amide bonds. The molecule has 0 radical (unpaired) electrons. The van der Waals surface area contributed by atoms with Crippen LogP contribution in [0.15, 0.2) is 24.3 Å². The lowest BCUT2D eigenvalue weighted by Crippen LogP contribution is -2.49. The van der Waals surface area contributed by atoms with E-state index >= 15 is 0 Å². The average molecular weight is 396 g/mol. The molecule has 0 bridgehead atoms. The van der Waals surface area contributed by atoms with E-state index in [-0.39, 0.29) is 11.3 Å². The summed E-state index contributed by atoms with van der Waals surface area (Å²) in [6.07, 6.45) is 2.47. The zero-order valence-electron chi connectivity index (χ0n) is 17.0. The second kappa shape index (κ2) is 9.17. The highest BCUT2D eigenvalue weighted by molar-refractivity contribution is 7.88. The standard InChI is InChI=1S/C20H33N3O3S/c1-20(2,3)18-8-5-17(6-9-18)7-10-19(24)21-11-12-22-13-15-23(16-14-22)27(4,25)26/h5-6,8-9H,7,10-16H2,1-4H3,(H,21,24). The number of hydrogen-bond donors (Lipinski definition) is 1. The number of carbonyl (C=O) groups excluding carboxylic acids is 1. The molecule has 0 spiro atoms. The third-order valence-electron chi connectivity index (χ3n) is 5.01. The molecule has 1 saturated heterocycles. The van der Waals surface area contributed by atoms with Crippen LogP contribution < -0.4 is 5.32 Å². The lowest BCUT2D eigenvalue weighted by Gasteiger charge is -2.33. The Balaban J connectivity index is 1.64. The normalized spacial score (nSPS) is 17.0. The minimum absolute atomic E-state index is 0.0599. The van der Waals surface area contributed by atoms with E-state index in [9.17, 15) is 13.2 Å². The van der Waals surface area contributed by atoms with E-state index in [1.807, 2.05) is 0 Å². The summed E-state index contributed by atoms with van der Waals surface area (Å²) in [6.45, 7) is 10.4. The molecule has 0 atom stereocenters. The highest BCUT2D eigenvalue weighted by Crippen LogP contribution is 2.22. The maximum Gasteiger partial charge on any atom is 0.220 e. The van der Waals surface area contributed by atoms with Crippen molar-refractivity contribution >= 4 is 15.9 Å². The van der Waals surface area contributed by atoms with E-state index in [0.29, 0.717) is 39.1 Å². The molecule has 0 unspecified atom stereocenters. The van der Waals surface area contributed by atoms with Gasteiger partial charge in [0.2, 0.25) is 15.9 Å². The van der Waals surface area contributed by atoms with Gasteiger partial charge in [0.25, 0.3) is 0 Å². The molecule has 1 N–H and O–H groups in total. The van der Waals surface area contributed by atoms with Crippen LogP contribution in [0.3, 0.4) is 0 Å². The van der Waals surface area contributed by atoms with Crippen molar-refractivity contribution in [3.63, 3.8) is 0 Å². The summed E-state index contributed by atoms with van der Waals surface area (Å²) in [6, 6.07) is 8.50. The van der Waals surface area contributed by atoms with Crippen LogP contribution in [0.25, 0.3) is 0 Å². The van der Waals surface area contributed by atoms with Gasteiger partial charge in [-0.2, -0.15) is 4.31 Å². The molecule has 1 aromatic carbocycles. The molecule has 6 nitrogen and oxygen atoms in total. The number of aryl methyl sites for hydroxylation is 1. The molecule has 1 aliphatic rings. The second-order valence-electron chi connectivity index (χ2n) is 8.30. The Kier molecular flexibility index (Phi) is 7.42. The Bertz CT molecular complexity index is 716. The summed E-state index contributed by atoms with van der Waals surface area (Å²) < 4.78 is 24.5. The van der Waals surface area contributed by atoms with Gasteiger partial charge in [0.05, 0.1) is 6.26 Å². The van der Waals surface area contributed by atoms with Crippen LogP contribution in [0.5, 0.6) is 0 Å².